The van der Waals surface area contributed by atoms with E-state index in [2.05, 4.69) is 60.7 Å². The molecule has 0 bridgehead atoms. The van der Waals surface area contributed by atoms with Gasteiger partial charge in [0.2, 0.25) is 0 Å². The van der Waals surface area contributed by atoms with E-state index in [4.69, 9.17) is 4.74 Å². The minimum Gasteiger partial charge on any atom is -0.368 e. The van der Waals surface area contributed by atoms with Gasteiger partial charge in [0.05, 0.1) is 0 Å². The fourth-order valence-electron chi connectivity index (χ4n) is 4.37. The van der Waals surface area contributed by atoms with Crippen LogP contribution < -0.4 is 0 Å². The summed E-state index contributed by atoms with van der Waals surface area (Å²) < 4.78 is 5.66. The number of likely N-dealkylation sites (tertiary alicyclic amines) is 1. The number of nitrogens with zero attached hydrogens (tertiary/aromatic N) is 1. The van der Waals surface area contributed by atoms with Crippen LogP contribution in [0.25, 0.3) is 0 Å². The number of piperidine rings is 1. The minimum atomic E-state index is -0.234. The molecule has 2 saturated heterocycles. The van der Waals surface area contributed by atoms with Crippen LogP contribution >= 0.6 is 0 Å². The van der Waals surface area contributed by atoms with Crippen molar-refractivity contribution in [2.45, 2.75) is 37.2 Å². The van der Waals surface area contributed by atoms with Crippen LogP contribution in [0.3, 0.4) is 0 Å². The highest BCUT2D eigenvalue weighted by Crippen LogP contribution is 2.40. The highest BCUT2D eigenvalue weighted by Gasteiger charge is 2.41. The Kier molecular flexibility index (Phi) is 4.58. The van der Waals surface area contributed by atoms with Crippen LogP contribution in [0.2, 0.25) is 0 Å². The van der Waals surface area contributed by atoms with E-state index in [1.807, 2.05) is 4.90 Å². The molecule has 1 unspecified atom stereocenters. The molecule has 0 N–H and O–H groups in total. The quantitative estimate of drug-likeness (QED) is 0.854. The molecule has 0 saturated carbocycles. The molecule has 4 rings (SSSR count). The highest BCUT2D eigenvalue weighted by molar-refractivity contribution is 5.81. The van der Waals surface area contributed by atoms with Gasteiger partial charge >= 0.3 is 0 Å². The first kappa shape index (κ1) is 16.3. The number of hydrogen-bond donors (Lipinski definition) is 0. The first-order valence-electron chi connectivity index (χ1n) is 9.31. The van der Waals surface area contributed by atoms with Crippen molar-refractivity contribution >= 4 is 5.91 Å². The Morgan fingerprint density at radius 2 is 1.60 bits per heavy atom. The molecule has 25 heavy (non-hydrogen) atoms. The van der Waals surface area contributed by atoms with Gasteiger partial charge in [0.1, 0.15) is 6.10 Å². The number of rotatable bonds is 3. The van der Waals surface area contributed by atoms with Crippen molar-refractivity contribution in [3.63, 3.8) is 0 Å². The summed E-state index contributed by atoms with van der Waals surface area (Å²) in [4.78, 5) is 15.0. The van der Waals surface area contributed by atoms with Gasteiger partial charge < -0.3 is 9.64 Å². The van der Waals surface area contributed by atoms with Crippen LogP contribution in [0, 0.1) is 0 Å². The van der Waals surface area contributed by atoms with Crippen LogP contribution in [-0.4, -0.2) is 36.6 Å². The zero-order valence-electron chi connectivity index (χ0n) is 14.6. The van der Waals surface area contributed by atoms with E-state index in [-0.39, 0.29) is 17.4 Å². The van der Waals surface area contributed by atoms with Gasteiger partial charge in [-0.1, -0.05) is 60.7 Å². The Morgan fingerprint density at radius 3 is 2.16 bits per heavy atom. The molecule has 1 atom stereocenters. The first-order valence-corrected chi connectivity index (χ1v) is 9.31. The number of carbonyl (C=O) groups excluding carboxylic acids is 1. The second kappa shape index (κ2) is 7.01. The molecule has 130 valence electrons. The lowest BCUT2D eigenvalue weighted by Gasteiger charge is -2.44. The molecule has 0 aromatic heterocycles. The summed E-state index contributed by atoms with van der Waals surface area (Å²) in [5.74, 6) is 0.174. The third kappa shape index (κ3) is 3.09. The topological polar surface area (TPSA) is 29.5 Å². The molecule has 2 aromatic carbocycles. The van der Waals surface area contributed by atoms with E-state index >= 15 is 0 Å². The maximum atomic E-state index is 13.0. The molecule has 0 radical (unpaired) electrons. The van der Waals surface area contributed by atoms with Gasteiger partial charge in [0.25, 0.3) is 5.91 Å². The fraction of sp³-hybridized carbons (Fsp3) is 0.409. The summed E-state index contributed by atoms with van der Waals surface area (Å²) in [6.45, 7) is 2.28. The van der Waals surface area contributed by atoms with Crippen LogP contribution in [0.15, 0.2) is 60.7 Å². The standard InChI is InChI=1S/C22H25NO2/c24-21(20-13-7-16-25-20)23-15-8-14-22(17-23,18-9-3-1-4-10-18)19-11-5-2-6-12-19/h1-6,9-12,20H,7-8,13-17H2. The normalized spacial score (nSPS) is 22.7. The molecule has 0 aliphatic carbocycles. The van der Waals surface area contributed by atoms with Crippen LogP contribution in [0.4, 0.5) is 0 Å². The summed E-state index contributed by atoms with van der Waals surface area (Å²) in [5, 5.41) is 0. The molecule has 1 amide bonds. The average molecular weight is 335 g/mol. The van der Waals surface area contributed by atoms with Gasteiger partial charge in [0.15, 0.2) is 0 Å². The molecule has 2 aliphatic rings. The predicted octanol–water partition coefficient (Wildman–Crippen LogP) is 3.77. The Hall–Kier alpha value is -2.13. The van der Waals surface area contributed by atoms with Gasteiger partial charge in [-0.05, 0) is 36.8 Å². The van der Waals surface area contributed by atoms with Crippen LogP contribution in [0.1, 0.15) is 36.8 Å². The van der Waals surface area contributed by atoms with E-state index in [1.54, 1.807) is 0 Å². The molecule has 0 spiro atoms. The van der Waals surface area contributed by atoms with Crippen molar-refractivity contribution < 1.29 is 9.53 Å². The molecular weight excluding hydrogens is 310 g/mol. The highest BCUT2D eigenvalue weighted by atomic mass is 16.5. The smallest absolute Gasteiger partial charge is 0.251 e. The SMILES string of the molecule is O=C(C1CCCO1)N1CCCC(c2ccccc2)(c2ccccc2)C1. The van der Waals surface area contributed by atoms with Crippen molar-refractivity contribution in [3.8, 4) is 0 Å². The van der Waals surface area contributed by atoms with Crippen LogP contribution in [0.5, 0.6) is 0 Å². The van der Waals surface area contributed by atoms with E-state index in [0.717, 1.165) is 38.8 Å². The van der Waals surface area contributed by atoms with Gasteiger partial charge in [0, 0.05) is 25.1 Å². The van der Waals surface area contributed by atoms with Crippen molar-refractivity contribution in [1.29, 1.82) is 0 Å². The number of carbonyl (C=O) groups is 1. The number of hydrogen-bond acceptors (Lipinski definition) is 2. The number of benzene rings is 2. The lowest BCUT2D eigenvalue weighted by atomic mass is 9.69. The molecule has 2 fully saturated rings. The Bertz CT molecular complexity index is 668. The van der Waals surface area contributed by atoms with Crippen molar-refractivity contribution in [2.24, 2.45) is 0 Å². The Balaban J connectivity index is 1.70. The lowest BCUT2D eigenvalue weighted by molar-refractivity contribution is -0.142. The summed E-state index contributed by atoms with van der Waals surface area (Å²) >= 11 is 0. The Labute approximate surface area is 149 Å². The molecular formula is C22H25NO2. The molecule has 2 heterocycles. The van der Waals surface area contributed by atoms with E-state index in [0.29, 0.717) is 6.61 Å². The molecule has 2 aliphatic heterocycles. The maximum absolute atomic E-state index is 13.0. The second-order valence-corrected chi connectivity index (χ2v) is 7.18. The van der Waals surface area contributed by atoms with E-state index in [9.17, 15) is 4.79 Å². The predicted molar refractivity (Wildman–Crippen MR) is 98.5 cm³/mol. The van der Waals surface area contributed by atoms with Crippen LogP contribution in [-0.2, 0) is 14.9 Å². The Morgan fingerprint density at radius 1 is 0.960 bits per heavy atom. The third-order valence-corrected chi connectivity index (χ3v) is 5.66. The van der Waals surface area contributed by atoms with Crippen molar-refractivity contribution in [2.75, 3.05) is 19.7 Å². The van der Waals surface area contributed by atoms with Gasteiger partial charge in [-0.25, -0.2) is 0 Å². The lowest BCUT2D eigenvalue weighted by Crippen LogP contribution is -2.51. The van der Waals surface area contributed by atoms with E-state index < -0.39 is 0 Å². The summed E-state index contributed by atoms with van der Waals surface area (Å²) in [6.07, 6.45) is 3.70. The van der Waals surface area contributed by atoms with Gasteiger partial charge in [-0.3, -0.25) is 4.79 Å². The first-order chi connectivity index (χ1) is 12.3. The zero-order valence-corrected chi connectivity index (χ0v) is 14.6. The molecule has 2 aromatic rings. The summed E-state index contributed by atoms with van der Waals surface area (Å²) in [6, 6.07) is 21.3. The largest absolute Gasteiger partial charge is 0.368 e. The molecule has 3 heteroatoms. The maximum Gasteiger partial charge on any atom is 0.251 e. The summed E-state index contributed by atoms with van der Waals surface area (Å²) in [5.41, 5.74) is 2.46. The van der Waals surface area contributed by atoms with Crippen molar-refractivity contribution in [1.82, 2.24) is 4.90 Å². The average Bonchev–Trinajstić information content (AvgIpc) is 3.23. The second-order valence-electron chi connectivity index (χ2n) is 7.18. The van der Waals surface area contributed by atoms with Gasteiger partial charge in [-0.2, -0.15) is 0 Å². The van der Waals surface area contributed by atoms with Gasteiger partial charge in [-0.15, -0.1) is 0 Å². The van der Waals surface area contributed by atoms with E-state index in [1.165, 1.54) is 11.1 Å². The molecule has 3 nitrogen and oxygen atoms in total. The minimum absolute atomic E-state index is 0.130. The zero-order chi connectivity index (χ0) is 17.1. The monoisotopic (exact) mass is 335 g/mol. The third-order valence-electron chi connectivity index (χ3n) is 5.66. The number of ether oxygens (including phenoxy) is 1. The summed E-state index contributed by atoms with van der Waals surface area (Å²) in [7, 11) is 0. The fourth-order valence-corrected chi connectivity index (χ4v) is 4.37. The van der Waals surface area contributed by atoms with Crippen molar-refractivity contribution in [3.05, 3.63) is 71.8 Å². The number of amides is 1.